The minimum atomic E-state index is -4.47. The number of hydrogen-bond acceptors (Lipinski definition) is 2. The van der Waals surface area contributed by atoms with E-state index in [9.17, 15) is 18.4 Å². The molecule has 0 saturated heterocycles. The molecule has 0 amide bonds. The molecule has 2 rings (SSSR count). The molecule has 2 unspecified atom stereocenters. The van der Waals surface area contributed by atoms with Crippen molar-refractivity contribution in [1.29, 1.82) is 5.26 Å². The minimum Gasteiger partial charge on any atom is -0.380 e. The molecule has 0 aliphatic heterocycles. The van der Waals surface area contributed by atoms with E-state index in [4.69, 9.17) is 11.6 Å². The van der Waals surface area contributed by atoms with Crippen LogP contribution >= 0.6 is 11.6 Å². The molecule has 114 valence electrons. The van der Waals surface area contributed by atoms with Gasteiger partial charge in [-0.3, -0.25) is 0 Å². The quantitative estimate of drug-likeness (QED) is 0.757. The number of benzene rings is 1. The highest BCUT2D eigenvalue weighted by Gasteiger charge is 2.35. The second kappa shape index (κ2) is 6.57. The first kappa shape index (κ1) is 16.0. The first-order valence-electron chi connectivity index (χ1n) is 6.94. The van der Waals surface area contributed by atoms with Gasteiger partial charge in [0.05, 0.1) is 17.6 Å². The minimum absolute atomic E-state index is 0.000880. The van der Waals surface area contributed by atoms with Crippen molar-refractivity contribution in [2.75, 3.05) is 5.32 Å². The predicted octanol–water partition coefficient (Wildman–Crippen LogP) is 5.24. The summed E-state index contributed by atoms with van der Waals surface area (Å²) >= 11 is 5.67. The smallest absolute Gasteiger partial charge is 0.380 e. The average Bonchev–Trinajstić information content (AvgIpc) is 2.64. The molecule has 0 bridgehead atoms. The lowest BCUT2D eigenvalue weighted by molar-refractivity contribution is -0.137. The van der Waals surface area contributed by atoms with Gasteiger partial charge in [0.15, 0.2) is 0 Å². The molecule has 2 atom stereocenters. The van der Waals surface area contributed by atoms with Gasteiger partial charge in [0, 0.05) is 16.8 Å². The summed E-state index contributed by atoms with van der Waals surface area (Å²) in [6.07, 6.45) is -0.154. The highest BCUT2D eigenvalue weighted by atomic mass is 35.5. The zero-order valence-electron chi connectivity index (χ0n) is 11.4. The van der Waals surface area contributed by atoms with Crippen LogP contribution in [0.4, 0.5) is 18.9 Å². The number of halogens is 4. The number of nitrogens with zero attached hydrogens (tertiary/aromatic N) is 1. The van der Waals surface area contributed by atoms with Crippen LogP contribution in [0.15, 0.2) is 18.2 Å². The van der Waals surface area contributed by atoms with Crippen molar-refractivity contribution in [2.45, 2.75) is 44.3 Å². The van der Waals surface area contributed by atoms with Crippen molar-refractivity contribution in [1.82, 2.24) is 0 Å². The number of nitrogens with one attached hydrogen (secondary N) is 1. The number of alkyl halides is 3. The second-order valence-corrected chi connectivity index (χ2v) is 5.75. The van der Waals surface area contributed by atoms with Gasteiger partial charge in [-0.2, -0.15) is 18.4 Å². The molecule has 1 fully saturated rings. The summed E-state index contributed by atoms with van der Waals surface area (Å²) in [7, 11) is 0. The predicted molar refractivity (Wildman–Crippen MR) is 76.1 cm³/mol. The molecule has 0 radical (unpaired) electrons. The molecule has 1 aromatic carbocycles. The summed E-state index contributed by atoms with van der Waals surface area (Å²) in [5.41, 5.74) is -0.782. The first-order chi connectivity index (χ1) is 9.91. The molecule has 0 aromatic heterocycles. The SMILES string of the molecule is N#CC1CCCCCC1Nc1ccc(Cl)cc1C(F)(F)F. The van der Waals surface area contributed by atoms with E-state index in [0.717, 1.165) is 31.7 Å². The Kier molecular flexibility index (Phi) is 5.00. The molecule has 6 heteroatoms. The van der Waals surface area contributed by atoms with Gasteiger partial charge in [0.25, 0.3) is 0 Å². The molecule has 1 aliphatic rings. The zero-order chi connectivity index (χ0) is 15.5. The van der Waals surface area contributed by atoms with Crippen molar-refractivity contribution in [3.63, 3.8) is 0 Å². The van der Waals surface area contributed by atoms with Crippen LogP contribution in [0.1, 0.15) is 37.7 Å². The molecular weight excluding hydrogens is 301 g/mol. The Bertz CT molecular complexity index is 537. The normalized spacial score (nSPS) is 23.2. The Morgan fingerprint density at radius 3 is 2.57 bits per heavy atom. The third kappa shape index (κ3) is 4.04. The number of hydrogen-bond donors (Lipinski definition) is 1. The van der Waals surface area contributed by atoms with Crippen LogP contribution in [-0.2, 0) is 6.18 Å². The van der Waals surface area contributed by atoms with Gasteiger partial charge < -0.3 is 5.32 Å². The van der Waals surface area contributed by atoms with E-state index in [1.54, 1.807) is 0 Å². The van der Waals surface area contributed by atoms with Gasteiger partial charge >= 0.3 is 6.18 Å². The fourth-order valence-electron chi connectivity index (χ4n) is 2.71. The van der Waals surface area contributed by atoms with Crippen molar-refractivity contribution in [2.24, 2.45) is 5.92 Å². The lowest BCUT2D eigenvalue weighted by atomic mass is 9.95. The van der Waals surface area contributed by atoms with Gasteiger partial charge in [-0.1, -0.05) is 30.9 Å². The summed E-state index contributed by atoms with van der Waals surface area (Å²) in [6.45, 7) is 0. The molecule has 1 aromatic rings. The van der Waals surface area contributed by atoms with Crippen LogP contribution in [0.5, 0.6) is 0 Å². The van der Waals surface area contributed by atoms with Gasteiger partial charge in [-0.15, -0.1) is 0 Å². The van der Waals surface area contributed by atoms with E-state index < -0.39 is 11.7 Å². The average molecular weight is 317 g/mol. The second-order valence-electron chi connectivity index (χ2n) is 5.31. The molecule has 1 saturated carbocycles. The lowest BCUT2D eigenvalue weighted by Gasteiger charge is -2.24. The lowest BCUT2D eigenvalue weighted by Crippen LogP contribution is -2.28. The summed E-state index contributed by atoms with van der Waals surface area (Å²) in [6, 6.07) is 5.65. The third-order valence-corrected chi connectivity index (χ3v) is 4.04. The molecule has 0 heterocycles. The van der Waals surface area contributed by atoms with Crippen molar-refractivity contribution >= 4 is 17.3 Å². The van der Waals surface area contributed by atoms with Crippen molar-refractivity contribution in [3.8, 4) is 6.07 Å². The highest BCUT2D eigenvalue weighted by Crippen LogP contribution is 2.38. The first-order valence-corrected chi connectivity index (χ1v) is 7.32. The Labute approximate surface area is 126 Å². The summed E-state index contributed by atoms with van der Waals surface area (Å²) in [5.74, 6) is -0.260. The number of rotatable bonds is 2. The summed E-state index contributed by atoms with van der Waals surface area (Å²) in [4.78, 5) is 0. The summed E-state index contributed by atoms with van der Waals surface area (Å²) < 4.78 is 39.2. The van der Waals surface area contributed by atoms with Crippen molar-refractivity contribution < 1.29 is 13.2 Å². The molecule has 2 nitrogen and oxygen atoms in total. The third-order valence-electron chi connectivity index (χ3n) is 3.81. The van der Waals surface area contributed by atoms with Crippen LogP contribution < -0.4 is 5.32 Å². The Morgan fingerprint density at radius 2 is 1.90 bits per heavy atom. The largest absolute Gasteiger partial charge is 0.418 e. The number of anilines is 1. The zero-order valence-corrected chi connectivity index (χ0v) is 12.1. The standard InChI is InChI=1S/C15H16ClF3N2/c16-11-6-7-14(12(8-11)15(17,18)19)21-13-5-3-1-2-4-10(13)9-20/h6-8,10,13,21H,1-5H2. The monoisotopic (exact) mass is 316 g/mol. The van der Waals surface area contributed by atoms with Gasteiger partial charge in [-0.25, -0.2) is 0 Å². The van der Waals surface area contributed by atoms with E-state index in [1.165, 1.54) is 12.1 Å². The van der Waals surface area contributed by atoms with Crippen molar-refractivity contribution in [3.05, 3.63) is 28.8 Å². The Balaban J connectivity index is 2.28. The Morgan fingerprint density at radius 1 is 1.19 bits per heavy atom. The number of nitriles is 1. The van der Waals surface area contributed by atoms with Gasteiger partial charge in [0.1, 0.15) is 0 Å². The fraction of sp³-hybridized carbons (Fsp3) is 0.533. The molecule has 1 aliphatic carbocycles. The maximum absolute atomic E-state index is 13.1. The van der Waals surface area contributed by atoms with E-state index in [2.05, 4.69) is 11.4 Å². The molecule has 21 heavy (non-hydrogen) atoms. The molecular formula is C15H16ClF3N2. The van der Waals surface area contributed by atoms with Gasteiger partial charge in [0.2, 0.25) is 0 Å². The Hall–Kier alpha value is -1.41. The van der Waals surface area contributed by atoms with Crippen LogP contribution in [0.25, 0.3) is 0 Å². The van der Waals surface area contributed by atoms with E-state index in [0.29, 0.717) is 6.42 Å². The van der Waals surface area contributed by atoms with Crippen LogP contribution in [-0.4, -0.2) is 6.04 Å². The molecule has 0 spiro atoms. The van der Waals surface area contributed by atoms with Crippen LogP contribution in [0, 0.1) is 17.2 Å². The van der Waals surface area contributed by atoms with Crippen LogP contribution in [0.3, 0.4) is 0 Å². The van der Waals surface area contributed by atoms with E-state index >= 15 is 0 Å². The topological polar surface area (TPSA) is 35.8 Å². The van der Waals surface area contributed by atoms with Gasteiger partial charge in [-0.05, 0) is 31.0 Å². The molecule has 1 N–H and O–H groups in total. The van der Waals surface area contributed by atoms with E-state index in [-0.39, 0.29) is 22.7 Å². The maximum Gasteiger partial charge on any atom is 0.418 e. The fourth-order valence-corrected chi connectivity index (χ4v) is 2.88. The summed E-state index contributed by atoms with van der Waals surface area (Å²) in [5, 5.41) is 12.2. The van der Waals surface area contributed by atoms with Crippen LogP contribution in [0.2, 0.25) is 5.02 Å². The maximum atomic E-state index is 13.1. The highest BCUT2D eigenvalue weighted by molar-refractivity contribution is 6.30. The van der Waals surface area contributed by atoms with E-state index in [1.807, 2.05) is 0 Å².